The van der Waals surface area contributed by atoms with Crippen LogP contribution in [0.15, 0.2) is 11.2 Å². The molecule has 1 aromatic rings. The topological polar surface area (TPSA) is 29.0 Å². The van der Waals surface area contributed by atoms with Gasteiger partial charge in [-0.3, -0.25) is 0 Å². The van der Waals surface area contributed by atoms with E-state index in [4.69, 9.17) is 11.6 Å². The third-order valence-corrected chi connectivity index (χ3v) is 3.50. The van der Waals surface area contributed by atoms with Gasteiger partial charge in [0, 0.05) is 18.7 Å². The van der Waals surface area contributed by atoms with Crippen LogP contribution in [0, 0.1) is 0 Å². The monoisotopic (exact) mass is 287 g/mol. The van der Waals surface area contributed by atoms with E-state index in [0.29, 0.717) is 11.2 Å². The molecule has 0 aliphatic rings. The lowest BCUT2D eigenvalue weighted by molar-refractivity contribution is 0.616. The smallest absolute Gasteiger partial charge is 0.190 e. The van der Waals surface area contributed by atoms with E-state index in [2.05, 4.69) is 35.6 Å². The van der Waals surface area contributed by atoms with Gasteiger partial charge in [0.05, 0.1) is 0 Å². The molecule has 18 heavy (non-hydrogen) atoms. The summed E-state index contributed by atoms with van der Waals surface area (Å²) in [6.07, 6.45) is 5.63. The van der Waals surface area contributed by atoms with Gasteiger partial charge in [0.2, 0.25) is 0 Å². The summed E-state index contributed by atoms with van der Waals surface area (Å²) in [6.45, 7) is 7.60. The minimum atomic E-state index is 0.419. The Balaban J connectivity index is 2.87. The van der Waals surface area contributed by atoms with E-state index in [-0.39, 0.29) is 0 Å². The zero-order chi connectivity index (χ0) is 13.5. The van der Waals surface area contributed by atoms with Crippen LogP contribution in [0.5, 0.6) is 0 Å². The van der Waals surface area contributed by atoms with E-state index >= 15 is 0 Å². The predicted octanol–water partition coefficient (Wildman–Crippen LogP) is 4.26. The molecule has 102 valence electrons. The van der Waals surface area contributed by atoms with Crippen LogP contribution < -0.4 is 4.90 Å². The molecule has 0 N–H and O–H groups in total. The number of aromatic nitrogens is 2. The van der Waals surface area contributed by atoms with Crippen LogP contribution in [0.1, 0.15) is 40.0 Å². The zero-order valence-corrected chi connectivity index (χ0v) is 13.2. The van der Waals surface area contributed by atoms with Gasteiger partial charge in [-0.15, -0.1) is 0 Å². The summed E-state index contributed by atoms with van der Waals surface area (Å²) < 4.78 is 0. The molecule has 0 bridgehead atoms. The van der Waals surface area contributed by atoms with E-state index in [1.807, 2.05) is 12.3 Å². The molecule has 0 aliphatic carbocycles. The summed E-state index contributed by atoms with van der Waals surface area (Å²) >= 11 is 7.57. The summed E-state index contributed by atoms with van der Waals surface area (Å²) in [5.41, 5.74) is 0. The lowest BCUT2D eigenvalue weighted by Gasteiger charge is -2.28. The molecule has 1 rings (SSSR count). The highest BCUT2D eigenvalue weighted by Gasteiger charge is 2.13. The third kappa shape index (κ3) is 4.65. The Morgan fingerprint density at radius 1 is 1.33 bits per heavy atom. The van der Waals surface area contributed by atoms with Crippen LogP contribution in [0.3, 0.4) is 0 Å². The van der Waals surface area contributed by atoms with Gasteiger partial charge < -0.3 is 4.90 Å². The molecule has 0 saturated heterocycles. The number of rotatable bonds is 7. The van der Waals surface area contributed by atoms with Crippen LogP contribution in [0.25, 0.3) is 0 Å². The average molecular weight is 288 g/mol. The minimum Gasteiger partial charge on any atom is -0.354 e. The summed E-state index contributed by atoms with van der Waals surface area (Å²) in [5.74, 6) is 0.936. The number of unbranched alkanes of at least 4 members (excludes halogenated alkanes) is 2. The average Bonchev–Trinajstić information content (AvgIpc) is 2.33. The van der Waals surface area contributed by atoms with Crippen molar-refractivity contribution in [3.63, 3.8) is 0 Å². The Labute approximate surface area is 119 Å². The zero-order valence-electron chi connectivity index (χ0n) is 11.6. The van der Waals surface area contributed by atoms with E-state index in [1.54, 1.807) is 0 Å². The second-order valence-electron chi connectivity index (χ2n) is 4.53. The molecule has 3 nitrogen and oxygen atoms in total. The molecular formula is C13H22ClN3S. The van der Waals surface area contributed by atoms with Crippen molar-refractivity contribution in [3.8, 4) is 0 Å². The Kier molecular flexibility index (Phi) is 6.79. The molecule has 0 aliphatic heterocycles. The van der Waals surface area contributed by atoms with Crippen LogP contribution in [-0.2, 0) is 0 Å². The van der Waals surface area contributed by atoms with Crippen LogP contribution in [0.2, 0.25) is 5.15 Å². The van der Waals surface area contributed by atoms with Crippen molar-refractivity contribution in [2.45, 2.75) is 51.2 Å². The third-order valence-electron chi connectivity index (χ3n) is 2.76. The van der Waals surface area contributed by atoms with Gasteiger partial charge in [-0.2, -0.15) is 0 Å². The lowest BCUT2D eigenvalue weighted by atomic mass is 10.2. The van der Waals surface area contributed by atoms with Gasteiger partial charge in [0.15, 0.2) is 5.16 Å². The van der Waals surface area contributed by atoms with Crippen molar-refractivity contribution in [2.24, 2.45) is 0 Å². The molecule has 0 spiro atoms. The SMILES string of the molecule is CCCCCN(c1cc(Cl)nc(SC)n1)C(C)C. The van der Waals surface area contributed by atoms with E-state index in [0.717, 1.165) is 17.5 Å². The van der Waals surface area contributed by atoms with Gasteiger partial charge in [0.25, 0.3) is 0 Å². The van der Waals surface area contributed by atoms with Crippen molar-refractivity contribution >= 4 is 29.2 Å². The molecule has 0 aromatic carbocycles. The molecule has 1 heterocycles. The maximum atomic E-state index is 6.05. The molecule has 0 saturated carbocycles. The summed E-state index contributed by atoms with van der Waals surface area (Å²) in [5, 5.41) is 1.25. The Morgan fingerprint density at radius 2 is 2.06 bits per heavy atom. The van der Waals surface area contributed by atoms with Crippen LogP contribution in [0.4, 0.5) is 5.82 Å². The summed E-state index contributed by atoms with van der Waals surface area (Å²) in [4.78, 5) is 11.0. The van der Waals surface area contributed by atoms with Gasteiger partial charge in [-0.25, -0.2) is 9.97 Å². The first-order valence-electron chi connectivity index (χ1n) is 6.43. The minimum absolute atomic E-state index is 0.419. The molecular weight excluding hydrogens is 266 g/mol. The highest BCUT2D eigenvalue weighted by molar-refractivity contribution is 7.98. The highest BCUT2D eigenvalue weighted by Crippen LogP contribution is 2.22. The molecule has 0 radical (unpaired) electrons. The largest absolute Gasteiger partial charge is 0.354 e. The number of thioether (sulfide) groups is 1. The van der Waals surface area contributed by atoms with Crippen molar-refractivity contribution in [1.29, 1.82) is 0 Å². The molecule has 0 amide bonds. The first-order valence-corrected chi connectivity index (χ1v) is 8.04. The van der Waals surface area contributed by atoms with Crippen molar-refractivity contribution < 1.29 is 0 Å². The second kappa shape index (κ2) is 7.85. The van der Waals surface area contributed by atoms with Crippen molar-refractivity contribution in [3.05, 3.63) is 11.2 Å². The van der Waals surface area contributed by atoms with Crippen molar-refractivity contribution in [1.82, 2.24) is 9.97 Å². The molecule has 0 fully saturated rings. The molecule has 1 aromatic heterocycles. The first-order chi connectivity index (χ1) is 8.58. The quantitative estimate of drug-likeness (QED) is 0.324. The van der Waals surface area contributed by atoms with Crippen molar-refractivity contribution in [2.75, 3.05) is 17.7 Å². The number of hydrogen-bond donors (Lipinski definition) is 0. The molecule has 5 heteroatoms. The maximum Gasteiger partial charge on any atom is 0.190 e. The maximum absolute atomic E-state index is 6.05. The van der Waals surface area contributed by atoms with Crippen LogP contribution >= 0.6 is 23.4 Å². The van der Waals surface area contributed by atoms with Crippen LogP contribution in [-0.4, -0.2) is 28.8 Å². The van der Waals surface area contributed by atoms with E-state index < -0.39 is 0 Å². The number of halogens is 1. The lowest BCUT2D eigenvalue weighted by Crippen LogP contribution is -2.32. The first kappa shape index (κ1) is 15.6. The number of anilines is 1. The standard InChI is InChI=1S/C13H22ClN3S/c1-5-6-7-8-17(10(2)3)12-9-11(14)15-13(16-12)18-4/h9-10H,5-8H2,1-4H3. The summed E-state index contributed by atoms with van der Waals surface area (Å²) in [6, 6.07) is 2.27. The Hall–Kier alpha value is -0.480. The van der Waals surface area contributed by atoms with E-state index in [9.17, 15) is 0 Å². The summed E-state index contributed by atoms with van der Waals surface area (Å²) in [7, 11) is 0. The Morgan fingerprint density at radius 3 is 2.61 bits per heavy atom. The fourth-order valence-electron chi connectivity index (χ4n) is 1.79. The number of nitrogens with zero attached hydrogens (tertiary/aromatic N) is 3. The molecule has 0 unspecified atom stereocenters. The van der Waals surface area contributed by atoms with Gasteiger partial charge >= 0.3 is 0 Å². The highest BCUT2D eigenvalue weighted by atomic mass is 35.5. The predicted molar refractivity (Wildman–Crippen MR) is 80.8 cm³/mol. The Bertz CT molecular complexity index is 371. The molecule has 0 atom stereocenters. The van der Waals surface area contributed by atoms with Gasteiger partial charge in [0.1, 0.15) is 11.0 Å². The van der Waals surface area contributed by atoms with Gasteiger partial charge in [-0.05, 0) is 26.5 Å². The normalized spacial score (nSPS) is 11.0. The number of hydrogen-bond acceptors (Lipinski definition) is 4. The fourth-order valence-corrected chi connectivity index (χ4v) is 2.40. The van der Waals surface area contributed by atoms with Gasteiger partial charge in [-0.1, -0.05) is 43.1 Å². The fraction of sp³-hybridized carbons (Fsp3) is 0.692. The second-order valence-corrected chi connectivity index (χ2v) is 5.69. The van der Waals surface area contributed by atoms with E-state index in [1.165, 1.54) is 31.0 Å².